The van der Waals surface area contributed by atoms with Crippen molar-refractivity contribution in [3.63, 3.8) is 0 Å². The third-order valence-electron chi connectivity index (χ3n) is 6.06. The van der Waals surface area contributed by atoms with E-state index in [1.807, 2.05) is 27.7 Å². The molecular weight excluding hydrogens is 366 g/mol. The normalized spacial score (nSPS) is 24.3. The van der Waals surface area contributed by atoms with Gasteiger partial charge < -0.3 is 9.47 Å². The number of hydrogen-bond donors (Lipinski definition) is 0. The number of pyridine rings is 1. The van der Waals surface area contributed by atoms with Crippen LogP contribution in [0, 0.1) is 6.92 Å². The van der Waals surface area contributed by atoms with Crippen molar-refractivity contribution in [2.24, 2.45) is 7.05 Å². The van der Waals surface area contributed by atoms with Crippen LogP contribution in [-0.4, -0.2) is 58.5 Å². The van der Waals surface area contributed by atoms with Gasteiger partial charge in [-0.3, -0.25) is 9.59 Å². The predicted octanol–water partition coefficient (Wildman–Crippen LogP) is 1.28. The van der Waals surface area contributed by atoms with E-state index in [9.17, 15) is 18.0 Å². The van der Waals surface area contributed by atoms with Crippen LogP contribution in [0.25, 0.3) is 0 Å². The number of carbonyl (C=O) groups excluding carboxylic acids is 1. The fraction of sp³-hybridized carbons (Fsp3) is 0.684. The second-order valence-corrected chi connectivity index (χ2v) is 9.91. The SMILES string of the molecule is CCc1c(C)cc(C(=O)N2CCN(S(=O)(=O)C3CC3)[C@H](C)[C@H]2C)c(=O)n1C. The Kier molecular flexibility index (Phi) is 5.24. The minimum absolute atomic E-state index is 0.157. The van der Waals surface area contributed by atoms with Crippen molar-refractivity contribution in [3.05, 3.63) is 33.2 Å². The van der Waals surface area contributed by atoms with E-state index in [0.717, 1.165) is 30.5 Å². The van der Waals surface area contributed by atoms with Gasteiger partial charge in [-0.2, -0.15) is 4.31 Å². The number of sulfonamides is 1. The molecule has 1 aromatic heterocycles. The van der Waals surface area contributed by atoms with Gasteiger partial charge in [0.25, 0.3) is 11.5 Å². The van der Waals surface area contributed by atoms with E-state index < -0.39 is 10.0 Å². The molecule has 1 saturated heterocycles. The van der Waals surface area contributed by atoms with Crippen molar-refractivity contribution in [1.82, 2.24) is 13.8 Å². The monoisotopic (exact) mass is 395 g/mol. The summed E-state index contributed by atoms with van der Waals surface area (Å²) in [5.74, 6) is -0.316. The van der Waals surface area contributed by atoms with Crippen LogP contribution in [-0.2, 0) is 23.5 Å². The van der Waals surface area contributed by atoms with E-state index in [0.29, 0.717) is 6.54 Å². The maximum atomic E-state index is 13.1. The Morgan fingerprint density at radius 3 is 2.37 bits per heavy atom. The number of amides is 1. The van der Waals surface area contributed by atoms with Gasteiger partial charge in [-0.1, -0.05) is 6.92 Å². The van der Waals surface area contributed by atoms with Gasteiger partial charge in [0.05, 0.1) is 5.25 Å². The number of carbonyl (C=O) groups is 1. The Balaban J connectivity index is 1.88. The van der Waals surface area contributed by atoms with E-state index in [4.69, 9.17) is 0 Å². The smallest absolute Gasteiger partial charge is 0.263 e. The van der Waals surface area contributed by atoms with Crippen LogP contribution in [0.1, 0.15) is 55.2 Å². The molecule has 1 aliphatic carbocycles. The summed E-state index contributed by atoms with van der Waals surface area (Å²) in [6.45, 7) is 8.16. The van der Waals surface area contributed by atoms with Gasteiger partial charge in [-0.25, -0.2) is 8.42 Å². The van der Waals surface area contributed by atoms with Crippen molar-refractivity contribution in [2.45, 2.75) is 64.3 Å². The fourth-order valence-corrected chi connectivity index (χ4v) is 6.16. The molecule has 1 amide bonds. The van der Waals surface area contributed by atoms with E-state index in [1.54, 1.807) is 26.9 Å². The number of aromatic nitrogens is 1. The lowest BCUT2D eigenvalue weighted by Gasteiger charge is -2.44. The van der Waals surface area contributed by atoms with Crippen LogP contribution in [0.15, 0.2) is 10.9 Å². The van der Waals surface area contributed by atoms with Gasteiger partial charge in [0, 0.05) is 37.9 Å². The Labute approximate surface area is 161 Å². The van der Waals surface area contributed by atoms with Crippen molar-refractivity contribution in [3.8, 4) is 0 Å². The van der Waals surface area contributed by atoms with Gasteiger partial charge in [-0.05, 0) is 51.7 Å². The Hall–Kier alpha value is -1.67. The average Bonchev–Trinajstić information content (AvgIpc) is 3.45. The molecule has 1 aromatic rings. The summed E-state index contributed by atoms with van der Waals surface area (Å²) in [5.41, 5.74) is 1.69. The first kappa shape index (κ1) is 20.1. The number of hydrogen-bond acceptors (Lipinski definition) is 4. The lowest BCUT2D eigenvalue weighted by atomic mass is 10.0. The molecule has 3 rings (SSSR count). The molecule has 2 fully saturated rings. The highest BCUT2D eigenvalue weighted by Crippen LogP contribution is 2.34. The molecule has 0 aromatic carbocycles. The highest BCUT2D eigenvalue weighted by Gasteiger charge is 2.46. The van der Waals surface area contributed by atoms with Crippen LogP contribution in [0.4, 0.5) is 0 Å². The van der Waals surface area contributed by atoms with E-state index in [2.05, 4.69) is 0 Å². The summed E-state index contributed by atoms with van der Waals surface area (Å²) in [5, 5.41) is -0.258. The van der Waals surface area contributed by atoms with Crippen LogP contribution in [0.5, 0.6) is 0 Å². The van der Waals surface area contributed by atoms with E-state index in [1.165, 1.54) is 0 Å². The van der Waals surface area contributed by atoms with Crippen LogP contribution < -0.4 is 5.56 Å². The minimum atomic E-state index is -3.29. The van der Waals surface area contributed by atoms with Gasteiger partial charge in [0.2, 0.25) is 10.0 Å². The third-order valence-corrected chi connectivity index (χ3v) is 8.54. The average molecular weight is 396 g/mol. The van der Waals surface area contributed by atoms with Crippen molar-refractivity contribution in [1.29, 1.82) is 0 Å². The quantitative estimate of drug-likeness (QED) is 0.769. The third kappa shape index (κ3) is 3.33. The van der Waals surface area contributed by atoms with Gasteiger partial charge >= 0.3 is 0 Å². The van der Waals surface area contributed by atoms with Crippen molar-refractivity contribution < 1.29 is 13.2 Å². The molecule has 0 bridgehead atoms. The topological polar surface area (TPSA) is 79.7 Å². The number of piperazine rings is 1. The zero-order chi connectivity index (χ0) is 20.1. The van der Waals surface area contributed by atoms with Crippen LogP contribution in [0.3, 0.4) is 0 Å². The Morgan fingerprint density at radius 2 is 1.81 bits per heavy atom. The summed E-state index contributed by atoms with van der Waals surface area (Å²) < 4.78 is 28.4. The van der Waals surface area contributed by atoms with E-state index in [-0.39, 0.29) is 40.9 Å². The lowest BCUT2D eigenvalue weighted by molar-refractivity contribution is 0.0480. The largest absolute Gasteiger partial charge is 0.333 e. The number of aryl methyl sites for hydroxylation is 1. The number of nitrogens with zero attached hydrogens (tertiary/aromatic N) is 3. The highest BCUT2D eigenvalue weighted by molar-refractivity contribution is 7.90. The zero-order valence-electron chi connectivity index (χ0n) is 16.7. The number of rotatable bonds is 4. The summed E-state index contributed by atoms with van der Waals surface area (Å²) in [6.07, 6.45) is 2.17. The lowest BCUT2D eigenvalue weighted by Crippen LogP contribution is -2.61. The molecule has 2 aliphatic rings. The molecular formula is C19H29N3O4S. The van der Waals surface area contributed by atoms with Gasteiger partial charge in [-0.15, -0.1) is 0 Å². The summed E-state index contributed by atoms with van der Waals surface area (Å²) >= 11 is 0. The maximum absolute atomic E-state index is 13.1. The standard InChI is InChI=1S/C19H29N3O4S/c1-6-17-12(2)11-16(18(23)20(17)5)19(24)21-9-10-22(14(4)13(21)3)27(25,26)15-7-8-15/h11,13-15H,6-10H2,1-5H3/t13-,14-/m1/s1. The molecule has 0 N–H and O–H groups in total. The molecule has 1 aliphatic heterocycles. The molecule has 0 spiro atoms. The zero-order valence-corrected chi connectivity index (χ0v) is 17.5. The first-order valence-corrected chi connectivity index (χ1v) is 11.1. The molecule has 8 heteroatoms. The summed E-state index contributed by atoms with van der Waals surface area (Å²) in [7, 11) is -1.59. The summed E-state index contributed by atoms with van der Waals surface area (Å²) in [6, 6.07) is 1.07. The van der Waals surface area contributed by atoms with Crippen LogP contribution in [0.2, 0.25) is 0 Å². The maximum Gasteiger partial charge on any atom is 0.263 e. The van der Waals surface area contributed by atoms with Gasteiger partial charge in [0.15, 0.2) is 0 Å². The molecule has 0 radical (unpaired) electrons. The predicted molar refractivity (Wildman–Crippen MR) is 104 cm³/mol. The molecule has 150 valence electrons. The van der Waals surface area contributed by atoms with Crippen LogP contribution >= 0.6 is 0 Å². The Morgan fingerprint density at radius 1 is 1.19 bits per heavy atom. The second-order valence-electron chi connectivity index (χ2n) is 7.74. The van der Waals surface area contributed by atoms with Gasteiger partial charge in [0.1, 0.15) is 5.56 Å². The Bertz CT molecular complexity index is 918. The first-order chi connectivity index (χ1) is 12.6. The molecule has 2 heterocycles. The minimum Gasteiger partial charge on any atom is -0.333 e. The molecule has 1 saturated carbocycles. The molecule has 0 unspecified atom stereocenters. The van der Waals surface area contributed by atoms with Crippen molar-refractivity contribution >= 4 is 15.9 Å². The first-order valence-electron chi connectivity index (χ1n) is 9.62. The fourth-order valence-electron chi connectivity index (χ4n) is 4.07. The van der Waals surface area contributed by atoms with E-state index >= 15 is 0 Å². The highest BCUT2D eigenvalue weighted by atomic mass is 32.2. The second kappa shape index (κ2) is 7.05. The van der Waals surface area contributed by atoms with Crippen molar-refractivity contribution in [2.75, 3.05) is 13.1 Å². The molecule has 2 atom stereocenters. The molecule has 27 heavy (non-hydrogen) atoms. The summed E-state index contributed by atoms with van der Waals surface area (Å²) in [4.78, 5) is 27.5. The molecule has 7 nitrogen and oxygen atoms in total.